The van der Waals surface area contributed by atoms with Crippen LogP contribution in [0.4, 0.5) is 0 Å². The van der Waals surface area contributed by atoms with Crippen LogP contribution in [0.25, 0.3) is 0 Å². The number of phenols is 1. The molecule has 0 atom stereocenters. The first kappa shape index (κ1) is 14.1. The van der Waals surface area contributed by atoms with Crippen molar-refractivity contribution in [3.05, 3.63) is 65.2 Å². The molecule has 2 rings (SSSR count). The summed E-state index contributed by atoms with van der Waals surface area (Å²) >= 11 is 0. The fourth-order valence-electron chi connectivity index (χ4n) is 2.13. The summed E-state index contributed by atoms with van der Waals surface area (Å²) in [6, 6.07) is 15.1. The Labute approximate surface area is 119 Å². The lowest BCUT2D eigenvalue weighted by atomic mass is 10.1. The third-order valence-electron chi connectivity index (χ3n) is 3.16. The van der Waals surface area contributed by atoms with Crippen molar-refractivity contribution in [2.45, 2.75) is 19.8 Å². The normalized spacial score (nSPS) is 10.2. The molecule has 0 aromatic heterocycles. The lowest BCUT2D eigenvalue weighted by Crippen LogP contribution is -2.27. The molecule has 0 radical (unpaired) electrons. The van der Waals surface area contributed by atoms with Crippen LogP contribution < -0.4 is 5.32 Å². The first-order chi connectivity index (χ1) is 9.65. The molecule has 104 valence electrons. The van der Waals surface area contributed by atoms with Gasteiger partial charge in [0.1, 0.15) is 5.75 Å². The van der Waals surface area contributed by atoms with Crippen LogP contribution in [0.1, 0.15) is 16.7 Å². The number of hydrogen-bond acceptors (Lipinski definition) is 2. The number of nitrogens with one attached hydrogen (secondary N) is 1. The maximum absolute atomic E-state index is 11.8. The number of hydrogen-bond donors (Lipinski definition) is 2. The average Bonchev–Trinajstić information content (AvgIpc) is 2.41. The van der Waals surface area contributed by atoms with Crippen molar-refractivity contribution in [2.24, 2.45) is 0 Å². The summed E-state index contributed by atoms with van der Waals surface area (Å²) in [6.07, 6.45) is 1.02. The van der Waals surface area contributed by atoms with E-state index in [0.29, 0.717) is 19.4 Å². The molecule has 0 aliphatic carbocycles. The molecule has 0 bridgehead atoms. The van der Waals surface area contributed by atoms with Crippen LogP contribution in [-0.2, 0) is 17.6 Å². The van der Waals surface area contributed by atoms with Crippen molar-refractivity contribution in [3.8, 4) is 5.75 Å². The number of benzene rings is 2. The second-order valence-electron chi connectivity index (χ2n) is 4.89. The van der Waals surface area contributed by atoms with Crippen molar-refractivity contribution in [3.63, 3.8) is 0 Å². The van der Waals surface area contributed by atoms with Gasteiger partial charge in [-0.2, -0.15) is 0 Å². The number of amides is 1. The zero-order valence-electron chi connectivity index (χ0n) is 11.6. The molecule has 0 unspecified atom stereocenters. The Bertz CT molecular complexity index is 593. The average molecular weight is 269 g/mol. The molecule has 0 aliphatic rings. The zero-order valence-corrected chi connectivity index (χ0v) is 11.6. The summed E-state index contributed by atoms with van der Waals surface area (Å²) in [5.74, 6) is 0.284. The number of para-hydroxylation sites is 1. The van der Waals surface area contributed by atoms with Gasteiger partial charge in [0.15, 0.2) is 0 Å². The summed E-state index contributed by atoms with van der Waals surface area (Å²) in [5.41, 5.74) is 3.03. The quantitative estimate of drug-likeness (QED) is 0.876. The van der Waals surface area contributed by atoms with Gasteiger partial charge in [0, 0.05) is 6.54 Å². The molecule has 2 N–H and O–H groups in total. The molecule has 1 amide bonds. The standard InChI is InChI=1S/C17H19NO2/c1-13-5-4-6-14(11-13)12-17(20)18-10-9-15-7-2-3-8-16(15)19/h2-8,11,19H,9-10,12H2,1H3,(H,18,20). The highest BCUT2D eigenvalue weighted by molar-refractivity contribution is 5.78. The molecule has 0 saturated heterocycles. The molecule has 0 spiro atoms. The second-order valence-corrected chi connectivity index (χ2v) is 4.89. The summed E-state index contributed by atoms with van der Waals surface area (Å²) in [5, 5.41) is 12.5. The Morgan fingerprint density at radius 3 is 2.70 bits per heavy atom. The molecule has 2 aromatic carbocycles. The van der Waals surface area contributed by atoms with Gasteiger partial charge in [-0.15, -0.1) is 0 Å². The van der Waals surface area contributed by atoms with E-state index in [0.717, 1.165) is 16.7 Å². The largest absolute Gasteiger partial charge is 0.508 e. The SMILES string of the molecule is Cc1cccc(CC(=O)NCCc2ccccc2O)c1. The van der Waals surface area contributed by atoms with Crippen molar-refractivity contribution >= 4 is 5.91 Å². The van der Waals surface area contributed by atoms with Crippen LogP contribution in [-0.4, -0.2) is 17.6 Å². The lowest BCUT2D eigenvalue weighted by molar-refractivity contribution is -0.120. The lowest BCUT2D eigenvalue weighted by Gasteiger charge is -2.07. The Morgan fingerprint density at radius 1 is 1.15 bits per heavy atom. The Kier molecular flexibility index (Phi) is 4.77. The molecule has 0 fully saturated rings. The molecule has 3 nitrogen and oxygen atoms in total. The monoisotopic (exact) mass is 269 g/mol. The van der Waals surface area contributed by atoms with E-state index in [4.69, 9.17) is 0 Å². The minimum atomic E-state index is 0.00557. The van der Waals surface area contributed by atoms with Gasteiger partial charge in [0.2, 0.25) is 5.91 Å². The highest BCUT2D eigenvalue weighted by Gasteiger charge is 2.04. The highest BCUT2D eigenvalue weighted by atomic mass is 16.3. The molecule has 0 aliphatic heterocycles. The molecule has 2 aromatic rings. The summed E-state index contributed by atoms with van der Waals surface area (Å²) in [7, 11) is 0. The maximum Gasteiger partial charge on any atom is 0.224 e. The Morgan fingerprint density at radius 2 is 1.95 bits per heavy atom. The number of phenolic OH excluding ortho intramolecular Hbond substituents is 1. The van der Waals surface area contributed by atoms with E-state index in [1.54, 1.807) is 12.1 Å². The molecule has 0 heterocycles. The van der Waals surface area contributed by atoms with E-state index < -0.39 is 0 Å². The minimum Gasteiger partial charge on any atom is -0.508 e. The van der Waals surface area contributed by atoms with Crippen LogP contribution >= 0.6 is 0 Å². The van der Waals surface area contributed by atoms with Crippen LogP contribution in [0.2, 0.25) is 0 Å². The summed E-state index contributed by atoms with van der Waals surface area (Å²) in [6.45, 7) is 2.54. The number of rotatable bonds is 5. The van der Waals surface area contributed by atoms with E-state index in [-0.39, 0.29) is 11.7 Å². The first-order valence-corrected chi connectivity index (χ1v) is 6.74. The van der Waals surface area contributed by atoms with Gasteiger partial charge in [-0.25, -0.2) is 0 Å². The van der Waals surface area contributed by atoms with Gasteiger partial charge in [-0.05, 0) is 30.5 Å². The van der Waals surface area contributed by atoms with E-state index in [1.165, 1.54) is 0 Å². The van der Waals surface area contributed by atoms with E-state index >= 15 is 0 Å². The summed E-state index contributed by atoms with van der Waals surface area (Å²) in [4.78, 5) is 11.8. The Balaban J connectivity index is 1.80. The van der Waals surface area contributed by atoms with Gasteiger partial charge in [0.25, 0.3) is 0 Å². The van der Waals surface area contributed by atoms with Gasteiger partial charge < -0.3 is 10.4 Å². The number of aryl methyl sites for hydroxylation is 1. The summed E-state index contributed by atoms with van der Waals surface area (Å²) < 4.78 is 0. The van der Waals surface area contributed by atoms with Crippen LogP contribution in [0, 0.1) is 6.92 Å². The predicted octanol–water partition coefficient (Wildman–Crippen LogP) is 2.60. The van der Waals surface area contributed by atoms with E-state index in [9.17, 15) is 9.90 Å². The van der Waals surface area contributed by atoms with Crippen molar-refractivity contribution in [1.29, 1.82) is 0 Å². The van der Waals surface area contributed by atoms with Gasteiger partial charge >= 0.3 is 0 Å². The predicted molar refractivity (Wildman–Crippen MR) is 79.7 cm³/mol. The zero-order chi connectivity index (χ0) is 14.4. The molecule has 20 heavy (non-hydrogen) atoms. The molecule has 0 saturated carbocycles. The topological polar surface area (TPSA) is 49.3 Å². The smallest absolute Gasteiger partial charge is 0.224 e. The van der Waals surface area contributed by atoms with Crippen LogP contribution in [0.5, 0.6) is 5.75 Å². The maximum atomic E-state index is 11.8. The highest BCUT2D eigenvalue weighted by Crippen LogP contribution is 2.15. The van der Waals surface area contributed by atoms with Gasteiger partial charge in [0.05, 0.1) is 6.42 Å². The van der Waals surface area contributed by atoms with E-state index in [1.807, 2.05) is 43.3 Å². The number of carbonyl (C=O) groups is 1. The van der Waals surface area contributed by atoms with E-state index in [2.05, 4.69) is 5.32 Å². The van der Waals surface area contributed by atoms with Crippen molar-refractivity contribution < 1.29 is 9.90 Å². The third kappa shape index (κ3) is 4.12. The number of carbonyl (C=O) groups excluding carboxylic acids is 1. The van der Waals surface area contributed by atoms with Gasteiger partial charge in [-0.1, -0.05) is 48.0 Å². The van der Waals surface area contributed by atoms with Crippen molar-refractivity contribution in [1.82, 2.24) is 5.32 Å². The third-order valence-corrected chi connectivity index (χ3v) is 3.16. The molecular formula is C17H19NO2. The molecule has 3 heteroatoms. The van der Waals surface area contributed by atoms with Crippen LogP contribution in [0.15, 0.2) is 48.5 Å². The van der Waals surface area contributed by atoms with Crippen LogP contribution in [0.3, 0.4) is 0 Å². The fraction of sp³-hybridized carbons (Fsp3) is 0.235. The van der Waals surface area contributed by atoms with Crippen molar-refractivity contribution in [2.75, 3.05) is 6.54 Å². The Hall–Kier alpha value is -2.29. The minimum absolute atomic E-state index is 0.00557. The first-order valence-electron chi connectivity index (χ1n) is 6.74. The fourth-order valence-corrected chi connectivity index (χ4v) is 2.13. The molecular weight excluding hydrogens is 250 g/mol. The van der Waals surface area contributed by atoms with Gasteiger partial charge in [-0.3, -0.25) is 4.79 Å². The number of aromatic hydroxyl groups is 1. The second kappa shape index (κ2) is 6.75.